The molecule has 180 valence electrons. The number of piperidine rings is 1. The molecule has 1 unspecified atom stereocenters. The second kappa shape index (κ2) is 10.0. The van der Waals surface area contributed by atoms with Gasteiger partial charge in [0, 0.05) is 6.04 Å². The number of fused-ring (bicyclic) bond motifs is 1. The van der Waals surface area contributed by atoms with Crippen molar-refractivity contribution < 1.29 is 19.2 Å². The number of hydrogen-bond donors (Lipinski definition) is 1. The standard InChI is InChI=1S/C26H31N3O5/c30-26(27-20-8-4-5-9-20)25(21-15-23-24(34-17-33-23)16-22(21)29(31)32)28-12-10-19(11-13-28)14-18-6-2-1-3-7-18/h1-3,6-7,15-16,19-20,25H,4-5,8-14,17H2,(H,27,30). The molecule has 1 saturated carbocycles. The molecule has 0 bridgehead atoms. The lowest BCUT2D eigenvalue weighted by molar-refractivity contribution is -0.386. The summed E-state index contributed by atoms with van der Waals surface area (Å²) >= 11 is 0. The van der Waals surface area contributed by atoms with E-state index in [4.69, 9.17) is 9.47 Å². The van der Waals surface area contributed by atoms with Gasteiger partial charge < -0.3 is 14.8 Å². The molecule has 1 amide bonds. The Morgan fingerprint density at radius 2 is 1.74 bits per heavy atom. The van der Waals surface area contributed by atoms with Crippen LogP contribution in [-0.2, 0) is 11.2 Å². The van der Waals surface area contributed by atoms with E-state index in [0.29, 0.717) is 36.1 Å². The second-order valence-electron chi connectivity index (χ2n) is 9.58. The highest BCUT2D eigenvalue weighted by atomic mass is 16.7. The van der Waals surface area contributed by atoms with Crippen LogP contribution in [0.1, 0.15) is 55.7 Å². The summed E-state index contributed by atoms with van der Waals surface area (Å²) in [5, 5.41) is 15.2. The second-order valence-corrected chi connectivity index (χ2v) is 9.58. The van der Waals surface area contributed by atoms with E-state index in [2.05, 4.69) is 34.5 Å². The Kier molecular flexibility index (Phi) is 6.67. The first kappa shape index (κ1) is 22.7. The van der Waals surface area contributed by atoms with Crippen molar-refractivity contribution in [2.75, 3.05) is 19.9 Å². The molecule has 2 fully saturated rings. The fraction of sp³-hybridized carbons (Fsp3) is 0.500. The van der Waals surface area contributed by atoms with Crippen molar-refractivity contribution in [3.8, 4) is 11.5 Å². The SMILES string of the molecule is O=C(NC1CCCC1)C(c1cc2c(cc1[N+](=O)[O-])OCO2)N1CCC(Cc2ccccc2)CC1. The Morgan fingerprint density at radius 1 is 1.06 bits per heavy atom. The van der Waals surface area contributed by atoms with E-state index in [1.165, 1.54) is 11.6 Å². The Labute approximate surface area is 199 Å². The number of carbonyl (C=O) groups is 1. The largest absolute Gasteiger partial charge is 0.454 e. The average Bonchev–Trinajstić information content (AvgIpc) is 3.52. The van der Waals surface area contributed by atoms with Crippen LogP contribution in [0, 0.1) is 16.0 Å². The van der Waals surface area contributed by atoms with E-state index in [-0.39, 0.29) is 24.4 Å². The number of rotatable bonds is 7. The van der Waals surface area contributed by atoms with Crippen LogP contribution >= 0.6 is 0 Å². The topological polar surface area (TPSA) is 93.9 Å². The van der Waals surface area contributed by atoms with Gasteiger partial charge in [-0.15, -0.1) is 0 Å². The predicted octanol–water partition coefficient (Wildman–Crippen LogP) is 4.38. The van der Waals surface area contributed by atoms with E-state index in [0.717, 1.165) is 44.9 Å². The smallest absolute Gasteiger partial charge is 0.278 e. The number of carbonyl (C=O) groups excluding carboxylic acids is 1. The fourth-order valence-corrected chi connectivity index (χ4v) is 5.54. The number of nitrogens with zero attached hydrogens (tertiary/aromatic N) is 2. The predicted molar refractivity (Wildman–Crippen MR) is 127 cm³/mol. The molecular formula is C26H31N3O5. The highest BCUT2D eigenvalue weighted by molar-refractivity contribution is 5.85. The van der Waals surface area contributed by atoms with Crippen LogP contribution < -0.4 is 14.8 Å². The Bertz CT molecular complexity index is 1030. The van der Waals surface area contributed by atoms with E-state index < -0.39 is 11.0 Å². The zero-order chi connectivity index (χ0) is 23.5. The number of likely N-dealkylation sites (tertiary alicyclic amines) is 1. The third-order valence-corrected chi connectivity index (χ3v) is 7.34. The fourth-order valence-electron chi connectivity index (χ4n) is 5.54. The van der Waals surface area contributed by atoms with Crippen molar-refractivity contribution in [1.82, 2.24) is 10.2 Å². The molecule has 2 aromatic rings. The van der Waals surface area contributed by atoms with Crippen LogP contribution in [0.2, 0.25) is 0 Å². The number of nitro benzene ring substituents is 1. The maximum Gasteiger partial charge on any atom is 0.278 e. The highest BCUT2D eigenvalue weighted by Gasteiger charge is 2.38. The molecule has 1 aliphatic carbocycles. The van der Waals surface area contributed by atoms with Gasteiger partial charge in [-0.1, -0.05) is 43.2 Å². The quantitative estimate of drug-likeness (QED) is 0.482. The molecule has 34 heavy (non-hydrogen) atoms. The summed E-state index contributed by atoms with van der Waals surface area (Å²) in [4.78, 5) is 27.3. The van der Waals surface area contributed by atoms with Crippen molar-refractivity contribution in [3.63, 3.8) is 0 Å². The maximum absolute atomic E-state index is 13.6. The first-order chi connectivity index (χ1) is 16.6. The van der Waals surface area contributed by atoms with E-state index in [1.807, 2.05) is 6.07 Å². The number of ether oxygens (including phenoxy) is 2. The van der Waals surface area contributed by atoms with Crippen LogP contribution in [0.3, 0.4) is 0 Å². The third kappa shape index (κ3) is 4.87. The van der Waals surface area contributed by atoms with Gasteiger partial charge in [-0.2, -0.15) is 0 Å². The minimum atomic E-state index is -0.729. The maximum atomic E-state index is 13.6. The molecular weight excluding hydrogens is 434 g/mol. The van der Waals surface area contributed by atoms with Gasteiger partial charge in [0.1, 0.15) is 6.04 Å². The van der Waals surface area contributed by atoms with Crippen molar-refractivity contribution in [2.45, 2.75) is 57.0 Å². The van der Waals surface area contributed by atoms with Gasteiger partial charge in [0.15, 0.2) is 11.5 Å². The third-order valence-electron chi connectivity index (χ3n) is 7.34. The summed E-state index contributed by atoms with van der Waals surface area (Å²) in [5.74, 6) is 1.18. The Balaban J connectivity index is 1.39. The summed E-state index contributed by atoms with van der Waals surface area (Å²) < 4.78 is 10.9. The van der Waals surface area contributed by atoms with E-state index >= 15 is 0 Å². The first-order valence-electron chi connectivity index (χ1n) is 12.2. The Morgan fingerprint density at radius 3 is 2.41 bits per heavy atom. The van der Waals surface area contributed by atoms with Gasteiger partial charge in [0.25, 0.3) is 5.69 Å². The molecule has 5 rings (SSSR count). The molecule has 2 heterocycles. The minimum Gasteiger partial charge on any atom is -0.454 e. The molecule has 3 aliphatic rings. The molecule has 0 radical (unpaired) electrons. The van der Waals surface area contributed by atoms with Gasteiger partial charge in [0.05, 0.1) is 16.6 Å². The minimum absolute atomic E-state index is 0.0275. The monoisotopic (exact) mass is 465 g/mol. The summed E-state index contributed by atoms with van der Waals surface area (Å²) in [6, 6.07) is 12.9. The summed E-state index contributed by atoms with van der Waals surface area (Å²) in [6.45, 7) is 1.46. The van der Waals surface area contributed by atoms with Crippen molar-refractivity contribution in [1.29, 1.82) is 0 Å². The van der Waals surface area contributed by atoms with Gasteiger partial charge >= 0.3 is 0 Å². The van der Waals surface area contributed by atoms with Crippen LogP contribution in [0.4, 0.5) is 5.69 Å². The molecule has 2 aliphatic heterocycles. The van der Waals surface area contributed by atoms with Gasteiger partial charge in [-0.25, -0.2) is 0 Å². The number of hydrogen-bond acceptors (Lipinski definition) is 6. The number of nitro groups is 1. The van der Waals surface area contributed by atoms with Crippen LogP contribution in [0.5, 0.6) is 11.5 Å². The van der Waals surface area contributed by atoms with E-state index in [9.17, 15) is 14.9 Å². The van der Waals surface area contributed by atoms with Gasteiger partial charge in [0.2, 0.25) is 12.7 Å². The van der Waals surface area contributed by atoms with Gasteiger partial charge in [-0.05, 0) is 62.7 Å². The molecule has 1 atom stereocenters. The lowest BCUT2D eigenvalue weighted by atomic mass is 9.88. The molecule has 0 spiro atoms. The zero-order valence-corrected chi connectivity index (χ0v) is 19.3. The molecule has 2 aromatic carbocycles. The van der Waals surface area contributed by atoms with Crippen molar-refractivity contribution >= 4 is 11.6 Å². The Hall–Kier alpha value is -3.13. The lowest BCUT2D eigenvalue weighted by Gasteiger charge is -2.37. The molecule has 8 heteroatoms. The van der Waals surface area contributed by atoms with Crippen LogP contribution in [-0.4, -0.2) is 41.7 Å². The number of benzene rings is 2. The number of nitrogens with one attached hydrogen (secondary N) is 1. The first-order valence-corrected chi connectivity index (χ1v) is 12.2. The molecule has 1 saturated heterocycles. The van der Waals surface area contributed by atoms with Crippen LogP contribution in [0.15, 0.2) is 42.5 Å². The lowest BCUT2D eigenvalue weighted by Crippen LogP contribution is -2.46. The number of amides is 1. The molecule has 0 aromatic heterocycles. The van der Waals surface area contributed by atoms with Crippen LogP contribution in [0.25, 0.3) is 0 Å². The average molecular weight is 466 g/mol. The highest BCUT2D eigenvalue weighted by Crippen LogP contribution is 2.42. The summed E-state index contributed by atoms with van der Waals surface area (Å²) in [5.41, 5.74) is 1.61. The summed E-state index contributed by atoms with van der Waals surface area (Å²) in [6.07, 6.45) is 7.02. The van der Waals surface area contributed by atoms with Crippen molar-refractivity contribution in [2.24, 2.45) is 5.92 Å². The molecule has 1 N–H and O–H groups in total. The van der Waals surface area contributed by atoms with Gasteiger partial charge in [-0.3, -0.25) is 19.8 Å². The van der Waals surface area contributed by atoms with E-state index in [1.54, 1.807) is 6.07 Å². The molecule has 8 nitrogen and oxygen atoms in total. The zero-order valence-electron chi connectivity index (χ0n) is 19.3. The summed E-state index contributed by atoms with van der Waals surface area (Å²) in [7, 11) is 0. The normalized spacial score (nSPS) is 19.8. The van der Waals surface area contributed by atoms with Crippen molar-refractivity contribution in [3.05, 3.63) is 63.7 Å².